The van der Waals surface area contributed by atoms with Crippen molar-refractivity contribution in [1.29, 1.82) is 0 Å². The maximum atomic E-state index is 12.0. The molecule has 0 unspecified atom stereocenters. The quantitative estimate of drug-likeness (QED) is 0.785. The van der Waals surface area contributed by atoms with Crippen LogP contribution in [0.4, 0.5) is 5.69 Å². The summed E-state index contributed by atoms with van der Waals surface area (Å²) in [6, 6.07) is 14.0. The first-order chi connectivity index (χ1) is 10.7. The first-order valence-corrected chi connectivity index (χ1v) is 8.87. The van der Waals surface area contributed by atoms with Gasteiger partial charge in [0.05, 0.1) is 0 Å². The molecule has 3 rings (SSSR count). The number of anilines is 1. The van der Waals surface area contributed by atoms with Crippen molar-refractivity contribution in [2.24, 2.45) is 0 Å². The van der Waals surface area contributed by atoms with Crippen molar-refractivity contribution in [3.63, 3.8) is 0 Å². The zero-order chi connectivity index (χ0) is 15.4. The van der Waals surface area contributed by atoms with Crippen molar-refractivity contribution in [3.05, 3.63) is 58.6 Å². The van der Waals surface area contributed by atoms with Gasteiger partial charge in [0.25, 0.3) is 0 Å². The number of hydrogen-bond acceptors (Lipinski definition) is 2. The number of carbonyl (C=O) groups excluding carboxylic acids is 1. The maximum absolute atomic E-state index is 12.0. The van der Waals surface area contributed by atoms with Crippen molar-refractivity contribution in [3.8, 4) is 0 Å². The van der Waals surface area contributed by atoms with Crippen LogP contribution < -0.4 is 5.32 Å². The molecular formula is C18H18ClNOS. The van der Waals surface area contributed by atoms with Gasteiger partial charge in [-0.15, -0.1) is 11.8 Å². The third-order valence-electron chi connectivity index (χ3n) is 3.79. The highest BCUT2D eigenvalue weighted by Crippen LogP contribution is 2.25. The Kier molecular flexibility index (Phi) is 5.06. The number of benzene rings is 2. The molecule has 1 aliphatic carbocycles. The zero-order valence-corrected chi connectivity index (χ0v) is 13.8. The van der Waals surface area contributed by atoms with E-state index < -0.39 is 0 Å². The van der Waals surface area contributed by atoms with E-state index in [2.05, 4.69) is 17.4 Å². The summed E-state index contributed by atoms with van der Waals surface area (Å²) in [4.78, 5) is 13.1. The predicted octanol–water partition coefficient (Wildman–Crippen LogP) is 4.95. The highest BCUT2D eigenvalue weighted by molar-refractivity contribution is 7.99. The summed E-state index contributed by atoms with van der Waals surface area (Å²) in [7, 11) is 0. The average molecular weight is 332 g/mol. The van der Waals surface area contributed by atoms with Gasteiger partial charge >= 0.3 is 0 Å². The van der Waals surface area contributed by atoms with Crippen LogP contribution in [0.25, 0.3) is 0 Å². The van der Waals surface area contributed by atoms with E-state index >= 15 is 0 Å². The van der Waals surface area contributed by atoms with Gasteiger partial charge in [0.2, 0.25) is 5.91 Å². The summed E-state index contributed by atoms with van der Waals surface area (Å²) in [6.07, 6.45) is 4.03. The molecule has 114 valence electrons. The third kappa shape index (κ3) is 4.05. The van der Waals surface area contributed by atoms with Gasteiger partial charge in [-0.05, 0) is 66.8 Å². The highest BCUT2D eigenvalue weighted by Gasteiger charge is 2.11. The summed E-state index contributed by atoms with van der Waals surface area (Å²) in [5.74, 6) is 0.831. The SMILES string of the molecule is O=C(CCSc1ccc(Cl)cc1)Nc1ccc2c(c1)CCC2. The summed E-state index contributed by atoms with van der Waals surface area (Å²) in [6.45, 7) is 0. The van der Waals surface area contributed by atoms with Gasteiger partial charge in [0.1, 0.15) is 0 Å². The molecule has 0 saturated heterocycles. The monoisotopic (exact) mass is 331 g/mol. The van der Waals surface area contributed by atoms with Gasteiger partial charge in [-0.1, -0.05) is 17.7 Å². The van der Waals surface area contributed by atoms with Crippen LogP contribution in [0.5, 0.6) is 0 Å². The number of thioether (sulfide) groups is 1. The Hall–Kier alpha value is -1.45. The van der Waals surface area contributed by atoms with E-state index in [-0.39, 0.29) is 5.91 Å². The number of hydrogen-bond donors (Lipinski definition) is 1. The van der Waals surface area contributed by atoms with Crippen LogP contribution >= 0.6 is 23.4 Å². The Labute approximate surface area is 140 Å². The molecule has 0 saturated carbocycles. The minimum Gasteiger partial charge on any atom is -0.326 e. The minimum atomic E-state index is 0.0689. The predicted molar refractivity (Wildman–Crippen MR) is 93.9 cm³/mol. The summed E-state index contributed by atoms with van der Waals surface area (Å²) in [5, 5.41) is 3.73. The zero-order valence-electron chi connectivity index (χ0n) is 12.3. The largest absolute Gasteiger partial charge is 0.326 e. The Morgan fingerprint density at radius 3 is 2.68 bits per heavy atom. The fourth-order valence-corrected chi connectivity index (χ4v) is 3.64. The van der Waals surface area contributed by atoms with E-state index in [0.29, 0.717) is 6.42 Å². The summed E-state index contributed by atoms with van der Waals surface area (Å²) in [5.41, 5.74) is 3.73. The first-order valence-electron chi connectivity index (χ1n) is 7.51. The molecule has 22 heavy (non-hydrogen) atoms. The van der Waals surface area contributed by atoms with Crippen molar-refractivity contribution in [2.75, 3.05) is 11.1 Å². The van der Waals surface area contributed by atoms with Crippen LogP contribution in [0.1, 0.15) is 24.0 Å². The molecule has 0 spiro atoms. The molecule has 2 nitrogen and oxygen atoms in total. The number of rotatable bonds is 5. The molecule has 0 aromatic heterocycles. The average Bonchev–Trinajstić information content (AvgIpc) is 2.97. The summed E-state index contributed by atoms with van der Waals surface area (Å²) >= 11 is 7.52. The van der Waals surface area contributed by atoms with Crippen LogP contribution in [-0.4, -0.2) is 11.7 Å². The Morgan fingerprint density at radius 1 is 1.09 bits per heavy atom. The minimum absolute atomic E-state index is 0.0689. The fourth-order valence-electron chi connectivity index (χ4n) is 2.67. The Morgan fingerprint density at radius 2 is 1.86 bits per heavy atom. The summed E-state index contributed by atoms with van der Waals surface area (Å²) < 4.78 is 0. The van der Waals surface area contributed by atoms with E-state index in [9.17, 15) is 4.79 Å². The molecule has 1 amide bonds. The van der Waals surface area contributed by atoms with Crippen LogP contribution in [-0.2, 0) is 17.6 Å². The smallest absolute Gasteiger partial charge is 0.225 e. The number of nitrogens with one attached hydrogen (secondary N) is 1. The van der Waals surface area contributed by atoms with Gasteiger partial charge in [-0.25, -0.2) is 0 Å². The van der Waals surface area contributed by atoms with Crippen molar-refractivity contribution in [2.45, 2.75) is 30.6 Å². The molecular weight excluding hydrogens is 314 g/mol. The molecule has 4 heteroatoms. The van der Waals surface area contributed by atoms with Gasteiger partial charge in [-0.2, -0.15) is 0 Å². The molecule has 2 aromatic carbocycles. The highest BCUT2D eigenvalue weighted by atomic mass is 35.5. The van der Waals surface area contributed by atoms with Crippen LogP contribution in [0.15, 0.2) is 47.4 Å². The van der Waals surface area contributed by atoms with Crippen molar-refractivity contribution >= 4 is 35.0 Å². The van der Waals surface area contributed by atoms with Crippen LogP contribution in [0, 0.1) is 0 Å². The lowest BCUT2D eigenvalue weighted by atomic mass is 10.1. The second-order valence-electron chi connectivity index (χ2n) is 5.44. The number of fused-ring (bicyclic) bond motifs is 1. The van der Waals surface area contributed by atoms with E-state index in [1.165, 1.54) is 24.0 Å². The first kappa shape index (κ1) is 15.4. The third-order valence-corrected chi connectivity index (χ3v) is 5.06. The van der Waals surface area contributed by atoms with E-state index in [0.717, 1.165) is 27.8 Å². The van der Waals surface area contributed by atoms with Gasteiger partial charge in [-0.3, -0.25) is 4.79 Å². The molecule has 0 bridgehead atoms. The Bertz CT molecular complexity index is 669. The second kappa shape index (κ2) is 7.21. The van der Waals surface area contributed by atoms with E-state index in [1.54, 1.807) is 11.8 Å². The lowest BCUT2D eigenvalue weighted by Crippen LogP contribution is -2.12. The lowest BCUT2D eigenvalue weighted by molar-refractivity contribution is -0.115. The molecule has 0 heterocycles. The lowest BCUT2D eigenvalue weighted by Gasteiger charge is -2.07. The normalized spacial score (nSPS) is 13.0. The topological polar surface area (TPSA) is 29.1 Å². The molecule has 0 atom stereocenters. The second-order valence-corrected chi connectivity index (χ2v) is 7.04. The van der Waals surface area contributed by atoms with E-state index in [1.807, 2.05) is 30.3 Å². The molecule has 1 N–H and O–H groups in total. The van der Waals surface area contributed by atoms with Crippen LogP contribution in [0.3, 0.4) is 0 Å². The number of halogens is 1. The molecule has 1 aliphatic rings. The van der Waals surface area contributed by atoms with Gasteiger partial charge in [0, 0.05) is 27.8 Å². The molecule has 2 aromatic rings. The molecule has 0 radical (unpaired) electrons. The van der Waals surface area contributed by atoms with Crippen molar-refractivity contribution in [1.82, 2.24) is 0 Å². The molecule has 0 fully saturated rings. The number of aryl methyl sites for hydroxylation is 2. The van der Waals surface area contributed by atoms with Gasteiger partial charge < -0.3 is 5.32 Å². The maximum Gasteiger partial charge on any atom is 0.225 e. The van der Waals surface area contributed by atoms with Gasteiger partial charge in [0.15, 0.2) is 0 Å². The van der Waals surface area contributed by atoms with Crippen LogP contribution in [0.2, 0.25) is 5.02 Å². The number of carbonyl (C=O) groups is 1. The fraction of sp³-hybridized carbons (Fsp3) is 0.278. The number of amides is 1. The standard InChI is InChI=1S/C18H18ClNOS/c19-15-5-8-17(9-6-15)22-11-10-18(21)20-16-7-4-13-2-1-3-14(13)12-16/h4-9,12H,1-3,10-11H2,(H,20,21). The molecule has 0 aliphatic heterocycles. The van der Waals surface area contributed by atoms with E-state index in [4.69, 9.17) is 11.6 Å². The van der Waals surface area contributed by atoms with Crippen molar-refractivity contribution < 1.29 is 4.79 Å². The Balaban J connectivity index is 1.47.